The molecule has 2 aromatic rings. The molecule has 0 aromatic heterocycles. The lowest BCUT2D eigenvalue weighted by molar-refractivity contribution is 0.122. The van der Waals surface area contributed by atoms with E-state index in [0.29, 0.717) is 12.0 Å². The largest absolute Gasteiger partial charge is 0.299 e. The van der Waals surface area contributed by atoms with Gasteiger partial charge in [-0.25, -0.2) is 21.9 Å². The summed E-state index contributed by atoms with van der Waals surface area (Å²) >= 11 is 5.97. The van der Waals surface area contributed by atoms with Gasteiger partial charge in [0.1, 0.15) is 16.5 Å². The number of piperidine rings is 1. The number of hydrogen-bond acceptors (Lipinski definition) is 3. The van der Waals surface area contributed by atoms with Crippen LogP contribution >= 0.6 is 11.6 Å². The van der Waals surface area contributed by atoms with E-state index < -0.39 is 26.6 Å². The Morgan fingerprint density at radius 1 is 1.00 bits per heavy atom. The van der Waals surface area contributed by atoms with Gasteiger partial charge >= 0.3 is 0 Å². The van der Waals surface area contributed by atoms with Crippen molar-refractivity contribution >= 4 is 21.6 Å². The van der Waals surface area contributed by atoms with Crippen molar-refractivity contribution in [3.8, 4) is 0 Å². The van der Waals surface area contributed by atoms with Gasteiger partial charge in [0.2, 0.25) is 10.0 Å². The Labute approximate surface area is 187 Å². The van der Waals surface area contributed by atoms with Gasteiger partial charge in [-0.2, -0.15) is 0 Å². The number of rotatable bonds is 6. The van der Waals surface area contributed by atoms with E-state index in [4.69, 9.17) is 11.6 Å². The first-order valence-electron chi connectivity index (χ1n) is 10.8. The van der Waals surface area contributed by atoms with Crippen LogP contribution in [0, 0.1) is 17.6 Å². The topological polar surface area (TPSA) is 49.4 Å². The van der Waals surface area contributed by atoms with E-state index in [1.807, 2.05) is 12.1 Å². The Kier molecular flexibility index (Phi) is 6.96. The molecule has 1 saturated carbocycles. The molecule has 4 nitrogen and oxygen atoms in total. The van der Waals surface area contributed by atoms with Crippen molar-refractivity contribution in [3.63, 3.8) is 0 Å². The van der Waals surface area contributed by atoms with E-state index in [1.165, 1.54) is 5.56 Å². The Hall–Kier alpha value is -1.54. The second-order valence-corrected chi connectivity index (χ2v) is 10.7. The van der Waals surface area contributed by atoms with Crippen LogP contribution in [0.5, 0.6) is 0 Å². The molecule has 0 bridgehead atoms. The Morgan fingerprint density at radius 3 is 2.39 bits per heavy atom. The maximum atomic E-state index is 14.0. The molecule has 0 spiro atoms. The van der Waals surface area contributed by atoms with Gasteiger partial charge in [0.25, 0.3) is 0 Å². The van der Waals surface area contributed by atoms with Crippen molar-refractivity contribution in [2.45, 2.75) is 55.5 Å². The fourth-order valence-electron chi connectivity index (χ4n) is 4.91. The summed E-state index contributed by atoms with van der Waals surface area (Å²) in [6, 6.07) is 10.4. The molecule has 168 valence electrons. The van der Waals surface area contributed by atoms with E-state index in [9.17, 15) is 17.2 Å². The number of likely N-dealkylation sites (tertiary alicyclic amines) is 1. The first-order valence-corrected chi connectivity index (χ1v) is 12.6. The molecule has 1 saturated heterocycles. The summed E-state index contributed by atoms with van der Waals surface area (Å²) < 4.78 is 55.3. The summed E-state index contributed by atoms with van der Waals surface area (Å²) in [6.45, 7) is 1.85. The van der Waals surface area contributed by atoms with Gasteiger partial charge in [0.15, 0.2) is 0 Å². The van der Waals surface area contributed by atoms with Gasteiger partial charge in [0, 0.05) is 23.2 Å². The van der Waals surface area contributed by atoms with Crippen LogP contribution < -0.4 is 4.72 Å². The normalized spacial score (nSPS) is 23.3. The lowest BCUT2D eigenvalue weighted by atomic mass is 9.89. The first kappa shape index (κ1) is 22.6. The van der Waals surface area contributed by atoms with Crippen LogP contribution in [0.2, 0.25) is 5.02 Å². The Bertz CT molecular complexity index is 1010. The maximum absolute atomic E-state index is 14.0. The molecule has 4 rings (SSSR count). The van der Waals surface area contributed by atoms with Gasteiger partial charge in [-0.1, -0.05) is 30.2 Å². The van der Waals surface area contributed by atoms with Gasteiger partial charge in [-0.3, -0.25) is 4.90 Å². The summed E-state index contributed by atoms with van der Waals surface area (Å²) in [5.41, 5.74) is 1.29. The molecule has 31 heavy (non-hydrogen) atoms. The zero-order valence-electron chi connectivity index (χ0n) is 17.2. The van der Waals surface area contributed by atoms with Crippen LogP contribution in [0.25, 0.3) is 0 Å². The monoisotopic (exact) mass is 468 g/mol. The average Bonchev–Trinajstić information content (AvgIpc) is 3.17. The number of benzene rings is 2. The summed E-state index contributed by atoms with van der Waals surface area (Å²) in [6.07, 6.45) is 5.71. The van der Waals surface area contributed by atoms with Crippen molar-refractivity contribution in [1.29, 1.82) is 0 Å². The molecule has 2 fully saturated rings. The van der Waals surface area contributed by atoms with Crippen molar-refractivity contribution in [2.75, 3.05) is 13.1 Å². The molecule has 1 aliphatic carbocycles. The van der Waals surface area contributed by atoms with Crippen LogP contribution in [0.15, 0.2) is 47.4 Å². The summed E-state index contributed by atoms with van der Waals surface area (Å²) in [5, 5.41) is 0.744. The molecular weight excluding hydrogens is 442 g/mol. The van der Waals surface area contributed by atoms with Crippen molar-refractivity contribution < 1.29 is 17.2 Å². The van der Waals surface area contributed by atoms with Crippen LogP contribution in [0.3, 0.4) is 0 Å². The minimum atomic E-state index is -4.05. The highest BCUT2D eigenvalue weighted by molar-refractivity contribution is 7.89. The molecule has 0 amide bonds. The number of hydrogen-bond donors (Lipinski definition) is 1. The second kappa shape index (κ2) is 9.53. The van der Waals surface area contributed by atoms with E-state index in [1.54, 1.807) is 0 Å². The maximum Gasteiger partial charge on any atom is 0.243 e. The Balaban J connectivity index is 1.36. The summed E-state index contributed by atoms with van der Waals surface area (Å²) in [4.78, 5) is 1.88. The quantitative estimate of drug-likeness (QED) is 0.664. The zero-order chi connectivity index (χ0) is 22.0. The van der Waals surface area contributed by atoms with Crippen molar-refractivity contribution in [1.82, 2.24) is 9.62 Å². The SMILES string of the molecule is O=S(=O)(N[C@@H]1CCC[C@H]1N1CCC(Cc2ccc(Cl)cc2)CC1)c1ccc(F)cc1F. The molecule has 1 heterocycles. The van der Waals surface area contributed by atoms with Gasteiger partial charge in [0.05, 0.1) is 0 Å². The van der Waals surface area contributed by atoms with Crippen LogP contribution in [0.1, 0.15) is 37.7 Å². The lowest BCUT2D eigenvalue weighted by Crippen LogP contribution is -2.51. The smallest absolute Gasteiger partial charge is 0.243 e. The van der Waals surface area contributed by atoms with Gasteiger partial charge < -0.3 is 0 Å². The molecule has 1 aliphatic heterocycles. The fraction of sp³-hybridized carbons (Fsp3) is 0.478. The molecule has 2 aromatic carbocycles. The molecule has 1 N–H and O–H groups in total. The van der Waals surface area contributed by atoms with Gasteiger partial charge in [-0.05, 0) is 80.9 Å². The molecule has 0 radical (unpaired) electrons. The summed E-state index contributed by atoms with van der Waals surface area (Å²) in [5.74, 6) is -1.26. The van der Waals surface area contributed by atoms with Crippen molar-refractivity contribution in [3.05, 3.63) is 64.7 Å². The third kappa shape index (κ3) is 5.45. The van der Waals surface area contributed by atoms with E-state index in [-0.39, 0.29) is 12.1 Å². The number of halogens is 3. The average molecular weight is 469 g/mol. The molecule has 2 atom stereocenters. The number of nitrogens with one attached hydrogen (secondary N) is 1. The highest BCUT2D eigenvalue weighted by atomic mass is 35.5. The molecule has 0 unspecified atom stereocenters. The zero-order valence-corrected chi connectivity index (χ0v) is 18.8. The first-order chi connectivity index (χ1) is 14.8. The predicted molar refractivity (Wildman–Crippen MR) is 118 cm³/mol. The second-order valence-electron chi connectivity index (χ2n) is 8.61. The third-order valence-corrected chi connectivity index (χ3v) is 8.30. The molecule has 8 heteroatoms. The molecule has 2 aliphatic rings. The van der Waals surface area contributed by atoms with E-state index in [0.717, 1.165) is 68.8 Å². The molecular formula is C23H27ClF2N2O2S. The van der Waals surface area contributed by atoms with Crippen LogP contribution in [-0.4, -0.2) is 38.5 Å². The minimum absolute atomic E-state index is 0.106. The highest BCUT2D eigenvalue weighted by Gasteiger charge is 2.37. The van der Waals surface area contributed by atoms with E-state index in [2.05, 4.69) is 21.8 Å². The predicted octanol–water partition coefficient (Wildman–Crippen LogP) is 4.77. The van der Waals surface area contributed by atoms with Crippen LogP contribution in [-0.2, 0) is 16.4 Å². The minimum Gasteiger partial charge on any atom is -0.299 e. The highest BCUT2D eigenvalue weighted by Crippen LogP contribution is 2.31. The van der Waals surface area contributed by atoms with Crippen LogP contribution in [0.4, 0.5) is 8.78 Å². The Morgan fingerprint density at radius 2 is 1.71 bits per heavy atom. The number of nitrogens with zero attached hydrogens (tertiary/aromatic N) is 1. The van der Waals surface area contributed by atoms with E-state index >= 15 is 0 Å². The van der Waals surface area contributed by atoms with Crippen molar-refractivity contribution in [2.24, 2.45) is 5.92 Å². The summed E-state index contributed by atoms with van der Waals surface area (Å²) in [7, 11) is -4.05. The van der Waals surface area contributed by atoms with Gasteiger partial charge in [-0.15, -0.1) is 0 Å². The standard InChI is InChI=1S/C23H27ClF2N2O2S/c24-18-6-4-16(5-7-18)14-17-10-12-28(13-11-17)22-3-1-2-21(22)27-31(29,30)23-9-8-19(25)15-20(23)26/h4-9,15,17,21-22,27H,1-3,10-14H2/t21-,22-/m1/s1. The third-order valence-electron chi connectivity index (χ3n) is 6.53. The number of sulfonamides is 1. The lowest BCUT2D eigenvalue weighted by Gasteiger charge is -2.38. The fourth-order valence-corrected chi connectivity index (χ4v) is 6.40.